The molecule has 0 saturated heterocycles. The molecule has 7 heteroatoms. The van der Waals surface area contributed by atoms with Crippen molar-refractivity contribution in [1.29, 1.82) is 0 Å². The highest BCUT2D eigenvalue weighted by Gasteiger charge is 2.39. The average Bonchev–Trinajstić information content (AvgIpc) is 2.70. The van der Waals surface area contributed by atoms with Crippen molar-refractivity contribution in [2.24, 2.45) is 0 Å². The molecule has 0 spiro atoms. The molecule has 0 radical (unpaired) electrons. The first kappa shape index (κ1) is 18.5. The third kappa shape index (κ3) is 3.60. The van der Waals surface area contributed by atoms with Crippen molar-refractivity contribution in [2.75, 3.05) is 13.3 Å². The van der Waals surface area contributed by atoms with Gasteiger partial charge in [-0.05, 0) is 34.2 Å². The number of halogens is 1. The van der Waals surface area contributed by atoms with Crippen LogP contribution in [0.5, 0.6) is 0 Å². The number of aromatic nitrogens is 2. The molecule has 0 aliphatic heterocycles. The molecule has 1 unspecified atom stereocenters. The van der Waals surface area contributed by atoms with Crippen LogP contribution in [0.3, 0.4) is 0 Å². The molecule has 21 heavy (non-hydrogen) atoms. The summed E-state index contributed by atoms with van der Waals surface area (Å²) in [6.07, 6.45) is 2.56. The molecular formula is C14H26ClN3O2S. The summed E-state index contributed by atoms with van der Waals surface area (Å²) in [5.41, 5.74) is 1.76. The topological polar surface area (TPSA) is 64.0 Å². The normalized spacial score (nSPS) is 14.4. The van der Waals surface area contributed by atoms with Crippen molar-refractivity contribution >= 4 is 21.4 Å². The highest BCUT2D eigenvalue weighted by Crippen LogP contribution is 2.28. The maximum atomic E-state index is 12.0. The molecule has 1 heterocycles. The number of nitrogens with zero attached hydrogens (tertiary/aromatic N) is 2. The summed E-state index contributed by atoms with van der Waals surface area (Å²) in [5.74, 6) is 0. The highest BCUT2D eigenvalue weighted by molar-refractivity contribution is 7.92. The van der Waals surface area contributed by atoms with Gasteiger partial charge in [-0.1, -0.05) is 18.5 Å². The Morgan fingerprint density at radius 1 is 1.38 bits per heavy atom. The van der Waals surface area contributed by atoms with Gasteiger partial charge in [-0.25, -0.2) is 8.42 Å². The summed E-state index contributed by atoms with van der Waals surface area (Å²) in [7, 11) is -1.42. The molecule has 1 aromatic rings. The molecule has 5 nitrogen and oxygen atoms in total. The van der Waals surface area contributed by atoms with Gasteiger partial charge < -0.3 is 5.32 Å². The van der Waals surface area contributed by atoms with Gasteiger partial charge in [0.1, 0.15) is 0 Å². The van der Waals surface area contributed by atoms with Gasteiger partial charge in [0.2, 0.25) is 0 Å². The second-order valence-corrected chi connectivity index (χ2v) is 8.77. The average molecular weight is 336 g/mol. The maximum Gasteiger partial charge on any atom is 0.154 e. The third-order valence-electron chi connectivity index (χ3n) is 4.23. The highest BCUT2D eigenvalue weighted by atomic mass is 35.5. The number of hydrogen-bond acceptors (Lipinski definition) is 4. The van der Waals surface area contributed by atoms with Crippen LogP contribution in [0.4, 0.5) is 0 Å². The van der Waals surface area contributed by atoms with Crippen LogP contribution in [-0.2, 0) is 29.2 Å². The molecule has 1 atom stereocenters. The molecule has 1 rings (SSSR count). The van der Waals surface area contributed by atoms with Crippen LogP contribution < -0.4 is 5.32 Å². The first-order chi connectivity index (χ1) is 9.60. The quantitative estimate of drug-likeness (QED) is 0.828. The van der Waals surface area contributed by atoms with Crippen molar-refractivity contribution in [3.63, 3.8) is 0 Å². The first-order valence-corrected chi connectivity index (χ1v) is 9.47. The Morgan fingerprint density at radius 3 is 2.33 bits per heavy atom. The minimum atomic E-state index is -3.20. The van der Waals surface area contributed by atoms with Crippen LogP contribution in [-0.4, -0.2) is 42.3 Å². The minimum Gasteiger partial charge on any atom is -0.315 e. The van der Waals surface area contributed by atoms with Gasteiger partial charge in [0, 0.05) is 25.3 Å². The number of aryl methyl sites for hydroxylation is 2. The Labute approximate surface area is 133 Å². The lowest BCUT2D eigenvalue weighted by Crippen LogP contribution is -2.51. The zero-order valence-corrected chi connectivity index (χ0v) is 15.3. The Bertz CT molecular complexity index is 594. The van der Waals surface area contributed by atoms with Crippen molar-refractivity contribution in [3.8, 4) is 0 Å². The van der Waals surface area contributed by atoms with E-state index < -0.39 is 14.6 Å². The lowest BCUT2D eigenvalue weighted by atomic mass is 9.98. The zero-order chi connectivity index (χ0) is 16.4. The second kappa shape index (κ2) is 6.67. The van der Waals surface area contributed by atoms with Gasteiger partial charge in [0.05, 0.1) is 21.2 Å². The molecule has 1 N–H and O–H groups in total. The number of nitrogens with one attached hydrogen (secondary N) is 1. The molecule has 0 amide bonds. The molecule has 0 aliphatic carbocycles. The molecule has 0 aliphatic rings. The van der Waals surface area contributed by atoms with Gasteiger partial charge >= 0.3 is 0 Å². The summed E-state index contributed by atoms with van der Waals surface area (Å²) >= 11 is 6.41. The van der Waals surface area contributed by atoms with E-state index in [1.807, 2.05) is 18.5 Å². The van der Waals surface area contributed by atoms with E-state index in [0.29, 0.717) is 18.0 Å². The molecular weight excluding hydrogens is 310 g/mol. The van der Waals surface area contributed by atoms with Crippen LogP contribution >= 0.6 is 11.6 Å². The van der Waals surface area contributed by atoms with E-state index >= 15 is 0 Å². The fraction of sp³-hybridized carbons (Fsp3) is 0.786. The molecule has 1 aromatic heterocycles. The number of sulfone groups is 1. The zero-order valence-electron chi connectivity index (χ0n) is 13.7. The van der Waals surface area contributed by atoms with E-state index in [9.17, 15) is 8.42 Å². The third-order valence-corrected chi connectivity index (χ3v) is 6.87. The Hall–Kier alpha value is -0.590. The van der Waals surface area contributed by atoms with Crippen molar-refractivity contribution < 1.29 is 8.42 Å². The summed E-state index contributed by atoms with van der Waals surface area (Å²) in [4.78, 5) is 0. The predicted octanol–water partition coefficient (Wildman–Crippen LogP) is 2.07. The number of hydrogen-bond donors (Lipinski definition) is 1. The minimum absolute atomic E-state index is 0.239. The molecule has 0 saturated carbocycles. The molecule has 0 aromatic carbocycles. The van der Waals surface area contributed by atoms with Crippen molar-refractivity contribution in [1.82, 2.24) is 15.1 Å². The van der Waals surface area contributed by atoms with E-state index in [1.54, 1.807) is 20.9 Å². The van der Waals surface area contributed by atoms with E-state index in [0.717, 1.165) is 17.8 Å². The maximum absolute atomic E-state index is 12.0. The molecule has 0 bridgehead atoms. The van der Waals surface area contributed by atoms with E-state index in [2.05, 4.69) is 10.4 Å². The SMILES string of the molecule is CCc1nn(CC)c(CC(NC)C(C)(C)S(C)(=O)=O)c1Cl. The Morgan fingerprint density at radius 2 is 1.95 bits per heavy atom. The monoisotopic (exact) mass is 335 g/mol. The van der Waals surface area contributed by atoms with Gasteiger partial charge in [0.15, 0.2) is 9.84 Å². The van der Waals surface area contributed by atoms with Gasteiger partial charge in [-0.15, -0.1) is 0 Å². The molecule has 122 valence electrons. The fourth-order valence-corrected chi connectivity index (χ4v) is 3.42. The van der Waals surface area contributed by atoms with Crippen LogP contribution in [0.25, 0.3) is 0 Å². The first-order valence-electron chi connectivity index (χ1n) is 7.21. The van der Waals surface area contributed by atoms with Crippen molar-refractivity contribution in [3.05, 3.63) is 16.4 Å². The van der Waals surface area contributed by atoms with E-state index in [4.69, 9.17) is 11.6 Å². The standard InChI is InChI=1S/C14H26ClN3O2S/c1-7-10-13(15)11(18(8-2)17-10)9-12(16-5)14(3,4)21(6,19)20/h12,16H,7-9H2,1-6H3. The van der Waals surface area contributed by atoms with Crippen molar-refractivity contribution in [2.45, 2.75) is 57.9 Å². The van der Waals surface area contributed by atoms with E-state index in [-0.39, 0.29) is 6.04 Å². The molecule has 0 fully saturated rings. The summed E-state index contributed by atoms with van der Waals surface area (Å²) in [6, 6.07) is -0.239. The predicted molar refractivity (Wildman–Crippen MR) is 87.8 cm³/mol. The van der Waals surface area contributed by atoms with Crippen LogP contribution in [0.1, 0.15) is 39.1 Å². The summed E-state index contributed by atoms with van der Waals surface area (Å²) in [5, 5.41) is 8.27. The van der Waals surface area contributed by atoms with Crippen LogP contribution in [0.2, 0.25) is 5.02 Å². The Balaban J connectivity index is 3.22. The van der Waals surface area contributed by atoms with Crippen LogP contribution in [0.15, 0.2) is 0 Å². The van der Waals surface area contributed by atoms with Crippen LogP contribution in [0, 0.1) is 0 Å². The van der Waals surface area contributed by atoms with Gasteiger partial charge in [0.25, 0.3) is 0 Å². The second-order valence-electron chi connectivity index (χ2n) is 5.80. The Kier molecular flexibility index (Phi) is 5.86. The number of rotatable bonds is 7. The summed E-state index contributed by atoms with van der Waals surface area (Å²) in [6.45, 7) is 8.21. The lowest BCUT2D eigenvalue weighted by Gasteiger charge is -2.32. The summed E-state index contributed by atoms with van der Waals surface area (Å²) < 4.78 is 25.1. The van der Waals surface area contributed by atoms with Gasteiger partial charge in [-0.3, -0.25) is 4.68 Å². The largest absolute Gasteiger partial charge is 0.315 e. The fourth-order valence-electron chi connectivity index (χ4n) is 2.36. The van der Waals surface area contributed by atoms with Gasteiger partial charge in [-0.2, -0.15) is 5.10 Å². The smallest absolute Gasteiger partial charge is 0.154 e. The van der Waals surface area contributed by atoms with E-state index in [1.165, 1.54) is 6.26 Å². The number of likely N-dealkylation sites (N-methyl/N-ethyl adjacent to an activating group) is 1. The lowest BCUT2D eigenvalue weighted by molar-refractivity contribution is 0.420.